The quantitative estimate of drug-likeness (QED) is 0.884. The van der Waals surface area contributed by atoms with Crippen LogP contribution in [0.1, 0.15) is 29.6 Å². The number of nitriles is 1. The molecule has 2 atom stereocenters. The van der Waals surface area contributed by atoms with Gasteiger partial charge >= 0.3 is 0 Å². The Morgan fingerprint density at radius 3 is 3.19 bits per heavy atom. The average Bonchev–Trinajstić information content (AvgIpc) is 3.16. The third-order valence-corrected chi connectivity index (χ3v) is 3.60. The monoisotopic (exact) mass is 284 g/mol. The van der Waals surface area contributed by atoms with Crippen molar-refractivity contribution in [2.24, 2.45) is 5.92 Å². The number of H-pyrrole nitrogens is 1. The number of nitrogens with one attached hydrogen (secondary N) is 2. The highest BCUT2D eigenvalue weighted by Gasteiger charge is 2.31. The van der Waals surface area contributed by atoms with Crippen LogP contribution in [0.5, 0.6) is 0 Å². The van der Waals surface area contributed by atoms with Crippen molar-refractivity contribution in [2.75, 3.05) is 18.5 Å². The van der Waals surface area contributed by atoms with Crippen molar-refractivity contribution < 1.29 is 4.74 Å². The van der Waals surface area contributed by atoms with Gasteiger partial charge in [-0.3, -0.25) is 5.10 Å². The van der Waals surface area contributed by atoms with Gasteiger partial charge < -0.3 is 10.1 Å². The number of anilines is 1. The summed E-state index contributed by atoms with van der Waals surface area (Å²) in [5.41, 5.74) is 1.43. The summed E-state index contributed by atoms with van der Waals surface area (Å²) in [7, 11) is 0. The Labute approximate surface area is 122 Å². The number of aromatic amines is 1. The zero-order valence-electron chi connectivity index (χ0n) is 11.7. The van der Waals surface area contributed by atoms with Crippen molar-refractivity contribution in [2.45, 2.75) is 19.4 Å². The summed E-state index contributed by atoms with van der Waals surface area (Å²) in [5, 5.41) is 19.1. The van der Waals surface area contributed by atoms with E-state index in [2.05, 4.69) is 31.6 Å². The number of hydrogen-bond acceptors (Lipinski definition) is 6. The van der Waals surface area contributed by atoms with E-state index >= 15 is 0 Å². The van der Waals surface area contributed by atoms with Crippen molar-refractivity contribution >= 4 is 5.82 Å². The first-order valence-corrected chi connectivity index (χ1v) is 6.86. The van der Waals surface area contributed by atoms with Crippen LogP contribution in [0.3, 0.4) is 0 Å². The van der Waals surface area contributed by atoms with E-state index < -0.39 is 0 Å². The minimum atomic E-state index is -0.0876. The number of aryl methyl sites for hydroxylation is 1. The Bertz CT molecular complexity index is 648. The van der Waals surface area contributed by atoms with Gasteiger partial charge in [0, 0.05) is 24.8 Å². The molecule has 0 unspecified atom stereocenters. The number of aromatic nitrogens is 4. The normalized spacial score (nSPS) is 21.1. The van der Waals surface area contributed by atoms with E-state index in [4.69, 9.17) is 10.00 Å². The Morgan fingerprint density at radius 2 is 2.43 bits per heavy atom. The Kier molecular flexibility index (Phi) is 3.79. The van der Waals surface area contributed by atoms with Gasteiger partial charge in [0.15, 0.2) is 5.82 Å². The lowest BCUT2D eigenvalue weighted by Gasteiger charge is -2.17. The molecule has 1 saturated heterocycles. The van der Waals surface area contributed by atoms with Crippen LogP contribution >= 0.6 is 0 Å². The molecule has 21 heavy (non-hydrogen) atoms. The molecule has 2 aromatic heterocycles. The second-order valence-corrected chi connectivity index (χ2v) is 5.05. The Morgan fingerprint density at radius 1 is 1.52 bits per heavy atom. The SMILES string of the molecule is Cc1ccc(C#N)c(NC[C@@H]2CCO[C@@H]2c2ncn[nH]2)n1. The van der Waals surface area contributed by atoms with Gasteiger partial charge in [-0.1, -0.05) is 0 Å². The molecule has 0 radical (unpaired) electrons. The first-order valence-electron chi connectivity index (χ1n) is 6.86. The van der Waals surface area contributed by atoms with E-state index in [0.717, 1.165) is 17.9 Å². The summed E-state index contributed by atoms with van der Waals surface area (Å²) in [6.07, 6.45) is 2.33. The van der Waals surface area contributed by atoms with Crippen molar-refractivity contribution in [1.29, 1.82) is 5.26 Å². The van der Waals surface area contributed by atoms with Crippen LogP contribution in [0.4, 0.5) is 5.82 Å². The zero-order chi connectivity index (χ0) is 14.7. The van der Waals surface area contributed by atoms with Crippen molar-refractivity contribution in [3.05, 3.63) is 35.5 Å². The standard InChI is InChI=1S/C14H16N6O/c1-9-2-3-10(6-15)13(19-9)16-7-11-4-5-21-12(11)14-17-8-18-20-14/h2-3,8,11-12H,4-5,7H2,1H3,(H,16,19)(H,17,18,20)/t11-,12-/m0/s1. The molecule has 7 nitrogen and oxygen atoms in total. The highest BCUT2D eigenvalue weighted by molar-refractivity contribution is 5.52. The number of nitrogens with zero attached hydrogens (tertiary/aromatic N) is 4. The minimum Gasteiger partial charge on any atom is -0.370 e. The van der Waals surface area contributed by atoms with Gasteiger partial charge in [0.05, 0.1) is 5.56 Å². The fourth-order valence-corrected chi connectivity index (χ4v) is 2.51. The molecule has 7 heteroatoms. The molecule has 2 N–H and O–H groups in total. The maximum absolute atomic E-state index is 9.13. The van der Waals surface area contributed by atoms with E-state index in [9.17, 15) is 0 Å². The Balaban J connectivity index is 1.70. The van der Waals surface area contributed by atoms with Crippen molar-refractivity contribution in [1.82, 2.24) is 20.2 Å². The van der Waals surface area contributed by atoms with E-state index in [1.54, 1.807) is 6.07 Å². The summed E-state index contributed by atoms with van der Waals surface area (Å²) >= 11 is 0. The second kappa shape index (κ2) is 5.89. The third kappa shape index (κ3) is 2.85. The van der Waals surface area contributed by atoms with Gasteiger partial charge in [0.1, 0.15) is 24.3 Å². The number of rotatable bonds is 4. The smallest absolute Gasteiger partial charge is 0.153 e. The van der Waals surface area contributed by atoms with Crippen molar-refractivity contribution in [3.63, 3.8) is 0 Å². The fraction of sp³-hybridized carbons (Fsp3) is 0.429. The maximum atomic E-state index is 9.13. The van der Waals surface area contributed by atoms with E-state index in [1.165, 1.54) is 6.33 Å². The maximum Gasteiger partial charge on any atom is 0.153 e. The topological polar surface area (TPSA) is 99.5 Å². The van der Waals surface area contributed by atoms with E-state index in [1.807, 2.05) is 13.0 Å². The molecule has 1 fully saturated rings. The number of ether oxygens (including phenoxy) is 1. The van der Waals surface area contributed by atoms with E-state index in [0.29, 0.717) is 24.5 Å². The molecule has 0 spiro atoms. The van der Waals surface area contributed by atoms with Crippen LogP contribution in [-0.2, 0) is 4.74 Å². The van der Waals surface area contributed by atoms with Gasteiger partial charge in [-0.25, -0.2) is 9.97 Å². The highest BCUT2D eigenvalue weighted by atomic mass is 16.5. The first kappa shape index (κ1) is 13.5. The highest BCUT2D eigenvalue weighted by Crippen LogP contribution is 2.32. The molecule has 0 aromatic carbocycles. The fourth-order valence-electron chi connectivity index (χ4n) is 2.51. The van der Waals surface area contributed by atoms with Crippen LogP contribution in [0, 0.1) is 24.2 Å². The third-order valence-electron chi connectivity index (χ3n) is 3.60. The molecule has 2 aromatic rings. The van der Waals surface area contributed by atoms with Gasteiger partial charge in [0.2, 0.25) is 0 Å². The van der Waals surface area contributed by atoms with Gasteiger partial charge in [0.25, 0.3) is 0 Å². The van der Waals surface area contributed by atoms with Crippen molar-refractivity contribution in [3.8, 4) is 6.07 Å². The summed E-state index contributed by atoms with van der Waals surface area (Å²) in [5.74, 6) is 1.64. The van der Waals surface area contributed by atoms with Crippen LogP contribution in [0.25, 0.3) is 0 Å². The number of pyridine rings is 1. The van der Waals surface area contributed by atoms with Crippen LogP contribution < -0.4 is 5.32 Å². The molecular weight excluding hydrogens is 268 g/mol. The lowest BCUT2D eigenvalue weighted by atomic mass is 10.0. The largest absolute Gasteiger partial charge is 0.370 e. The zero-order valence-corrected chi connectivity index (χ0v) is 11.7. The molecular formula is C14H16N6O. The van der Waals surface area contributed by atoms with Crippen LogP contribution in [-0.4, -0.2) is 33.3 Å². The minimum absolute atomic E-state index is 0.0876. The lowest BCUT2D eigenvalue weighted by Crippen LogP contribution is -2.20. The summed E-state index contributed by atoms with van der Waals surface area (Å²) in [6, 6.07) is 5.77. The number of hydrogen-bond donors (Lipinski definition) is 2. The predicted molar refractivity (Wildman–Crippen MR) is 75.4 cm³/mol. The molecule has 1 aliphatic heterocycles. The molecule has 3 rings (SSSR count). The van der Waals surface area contributed by atoms with Gasteiger partial charge in [-0.15, -0.1) is 0 Å². The van der Waals surface area contributed by atoms with Gasteiger partial charge in [-0.05, 0) is 25.5 Å². The molecule has 0 amide bonds. The van der Waals surface area contributed by atoms with Crippen LogP contribution in [0.15, 0.2) is 18.5 Å². The summed E-state index contributed by atoms with van der Waals surface area (Å²) in [4.78, 5) is 8.55. The average molecular weight is 284 g/mol. The van der Waals surface area contributed by atoms with E-state index in [-0.39, 0.29) is 12.0 Å². The molecule has 0 saturated carbocycles. The molecule has 0 aliphatic carbocycles. The van der Waals surface area contributed by atoms with Gasteiger partial charge in [-0.2, -0.15) is 10.4 Å². The first-order chi connectivity index (χ1) is 10.3. The summed E-state index contributed by atoms with van der Waals surface area (Å²) in [6.45, 7) is 3.28. The second-order valence-electron chi connectivity index (χ2n) is 5.05. The molecule has 0 bridgehead atoms. The predicted octanol–water partition coefficient (Wildman–Crippen LogP) is 1.57. The Hall–Kier alpha value is -2.46. The van der Waals surface area contributed by atoms with Crippen LogP contribution in [0.2, 0.25) is 0 Å². The molecule has 108 valence electrons. The molecule has 1 aliphatic rings. The summed E-state index contributed by atoms with van der Waals surface area (Å²) < 4.78 is 5.72. The lowest BCUT2D eigenvalue weighted by molar-refractivity contribution is 0.0864. The molecule has 3 heterocycles.